The van der Waals surface area contributed by atoms with E-state index in [2.05, 4.69) is 10.0 Å². The van der Waals surface area contributed by atoms with Crippen molar-refractivity contribution in [1.82, 2.24) is 0 Å². The van der Waals surface area contributed by atoms with E-state index in [0.717, 1.165) is 5.69 Å². The highest BCUT2D eigenvalue weighted by Gasteiger charge is 2.08. The molecular formula is C16H19FN2O2S. The molecule has 0 atom stereocenters. The Hall–Kier alpha value is -2.08. The van der Waals surface area contributed by atoms with Gasteiger partial charge in [0.2, 0.25) is 10.0 Å². The van der Waals surface area contributed by atoms with Gasteiger partial charge in [0.15, 0.2) is 0 Å². The molecular weight excluding hydrogens is 303 g/mol. The van der Waals surface area contributed by atoms with Gasteiger partial charge in [0.1, 0.15) is 5.82 Å². The molecule has 4 nitrogen and oxygen atoms in total. The third-order valence-electron chi connectivity index (χ3n) is 3.07. The molecule has 0 saturated heterocycles. The second-order valence-electron chi connectivity index (χ2n) is 4.94. The van der Waals surface area contributed by atoms with Gasteiger partial charge in [-0.3, -0.25) is 4.72 Å². The van der Waals surface area contributed by atoms with Crippen LogP contribution in [0.5, 0.6) is 0 Å². The van der Waals surface area contributed by atoms with Gasteiger partial charge in [0.25, 0.3) is 0 Å². The number of benzene rings is 2. The van der Waals surface area contributed by atoms with Crippen molar-refractivity contribution in [3.05, 3.63) is 59.9 Å². The Balaban J connectivity index is 1.96. The zero-order valence-electron chi connectivity index (χ0n) is 12.3. The standard InChI is InChI=1S/C16H19FN2O2S/c1-2-11-22(20,21)19-15-9-7-14(8-10-15)18-12-13-5-3-4-6-16(13)17/h3-10,18-19H,2,11-12H2,1H3. The maximum atomic E-state index is 13.5. The summed E-state index contributed by atoms with van der Waals surface area (Å²) < 4.78 is 39.3. The molecule has 0 bridgehead atoms. The van der Waals surface area contributed by atoms with Crippen LogP contribution in [0.3, 0.4) is 0 Å². The second-order valence-corrected chi connectivity index (χ2v) is 6.79. The maximum Gasteiger partial charge on any atom is 0.232 e. The van der Waals surface area contributed by atoms with Crippen molar-refractivity contribution in [2.45, 2.75) is 19.9 Å². The molecule has 2 aromatic rings. The number of nitrogens with one attached hydrogen (secondary N) is 2. The van der Waals surface area contributed by atoms with Crippen molar-refractivity contribution in [1.29, 1.82) is 0 Å². The zero-order valence-corrected chi connectivity index (χ0v) is 13.2. The quantitative estimate of drug-likeness (QED) is 0.819. The molecule has 0 radical (unpaired) electrons. The van der Waals surface area contributed by atoms with Gasteiger partial charge < -0.3 is 5.32 Å². The van der Waals surface area contributed by atoms with Gasteiger partial charge in [-0.15, -0.1) is 0 Å². The van der Waals surface area contributed by atoms with Crippen molar-refractivity contribution in [3.63, 3.8) is 0 Å². The molecule has 0 aliphatic carbocycles. The molecule has 22 heavy (non-hydrogen) atoms. The molecule has 0 saturated carbocycles. The Labute approximate surface area is 130 Å². The highest BCUT2D eigenvalue weighted by atomic mass is 32.2. The fourth-order valence-electron chi connectivity index (χ4n) is 1.99. The fourth-order valence-corrected chi connectivity index (χ4v) is 3.13. The van der Waals surface area contributed by atoms with Crippen LogP contribution in [0, 0.1) is 5.82 Å². The predicted molar refractivity (Wildman–Crippen MR) is 87.9 cm³/mol. The van der Waals surface area contributed by atoms with Crippen molar-refractivity contribution >= 4 is 21.4 Å². The normalized spacial score (nSPS) is 11.2. The molecule has 2 rings (SSSR count). The van der Waals surface area contributed by atoms with Crippen LogP contribution in [0.1, 0.15) is 18.9 Å². The van der Waals surface area contributed by atoms with E-state index in [1.165, 1.54) is 6.07 Å². The van der Waals surface area contributed by atoms with Gasteiger partial charge in [-0.2, -0.15) is 0 Å². The number of anilines is 2. The van der Waals surface area contributed by atoms with Gasteiger partial charge in [-0.05, 0) is 36.8 Å². The molecule has 2 N–H and O–H groups in total. The maximum absolute atomic E-state index is 13.5. The van der Waals surface area contributed by atoms with Crippen molar-refractivity contribution in [3.8, 4) is 0 Å². The van der Waals surface area contributed by atoms with Crippen LogP contribution in [0.25, 0.3) is 0 Å². The second kappa shape index (κ2) is 7.26. The first-order valence-corrected chi connectivity index (χ1v) is 8.73. The lowest BCUT2D eigenvalue weighted by molar-refractivity contribution is 0.600. The van der Waals surface area contributed by atoms with Crippen LogP contribution in [-0.4, -0.2) is 14.2 Å². The number of rotatable bonds is 7. The predicted octanol–water partition coefficient (Wildman–Crippen LogP) is 3.59. The first kappa shape index (κ1) is 16.3. The van der Waals surface area contributed by atoms with E-state index in [-0.39, 0.29) is 11.6 Å². The molecule has 0 heterocycles. The molecule has 0 aliphatic heterocycles. The zero-order chi connectivity index (χ0) is 16.0. The van der Waals surface area contributed by atoms with E-state index in [0.29, 0.717) is 24.2 Å². The minimum atomic E-state index is -3.28. The topological polar surface area (TPSA) is 58.2 Å². The third-order valence-corrected chi connectivity index (χ3v) is 4.56. The molecule has 118 valence electrons. The molecule has 6 heteroatoms. The van der Waals surface area contributed by atoms with Crippen LogP contribution < -0.4 is 10.0 Å². The Bertz CT molecular complexity index is 715. The molecule has 0 aliphatic rings. The highest BCUT2D eigenvalue weighted by Crippen LogP contribution is 2.16. The third kappa shape index (κ3) is 4.73. The Morgan fingerprint density at radius 1 is 1.00 bits per heavy atom. The van der Waals surface area contributed by atoms with E-state index in [1.54, 1.807) is 42.5 Å². The summed E-state index contributed by atoms with van der Waals surface area (Å²) in [6.07, 6.45) is 0.567. The van der Waals surface area contributed by atoms with E-state index < -0.39 is 10.0 Å². The smallest absolute Gasteiger partial charge is 0.232 e. The molecule has 0 aromatic heterocycles. The van der Waals surface area contributed by atoms with Gasteiger partial charge in [-0.25, -0.2) is 12.8 Å². The summed E-state index contributed by atoms with van der Waals surface area (Å²) in [5.74, 6) is -0.153. The Morgan fingerprint density at radius 3 is 2.27 bits per heavy atom. The minimum absolute atomic E-state index is 0.0975. The number of halogens is 1. The average molecular weight is 322 g/mol. The lowest BCUT2D eigenvalue weighted by atomic mass is 10.2. The van der Waals surface area contributed by atoms with Gasteiger partial charge in [0.05, 0.1) is 5.75 Å². The number of hydrogen-bond acceptors (Lipinski definition) is 3. The number of hydrogen-bond donors (Lipinski definition) is 2. The molecule has 0 amide bonds. The summed E-state index contributed by atoms with van der Waals surface area (Å²) in [5.41, 5.74) is 1.89. The van der Waals surface area contributed by atoms with E-state index >= 15 is 0 Å². The molecule has 0 spiro atoms. The van der Waals surface area contributed by atoms with Gasteiger partial charge >= 0.3 is 0 Å². The molecule has 0 unspecified atom stereocenters. The summed E-state index contributed by atoms with van der Waals surface area (Å²) >= 11 is 0. The van der Waals surface area contributed by atoms with Crippen LogP contribution in [-0.2, 0) is 16.6 Å². The number of sulfonamides is 1. The monoisotopic (exact) mass is 322 g/mol. The average Bonchev–Trinajstić information content (AvgIpc) is 2.47. The largest absolute Gasteiger partial charge is 0.381 e. The van der Waals surface area contributed by atoms with E-state index in [1.807, 2.05) is 6.92 Å². The van der Waals surface area contributed by atoms with Crippen LogP contribution in [0.15, 0.2) is 48.5 Å². The van der Waals surface area contributed by atoms with Gasteiger partial charge in [0, 0.05) is 23.5 Å². The summed E-state index contributed by atoms with van der Waals surface area (Å²) in [4.78, 5) is 0. The summed E-state index contributed by atoms with van der Waals surface area (Å²) in [7, 11) is -3.28. The first-order valence-electron chi connectivity index (χ1n) is 7.08. The van der Waals surface area contributed by atoms with Crippen LogP contribution >= 0.6 is 0 Å². The van der Waals surface area contributed by atoms with Crippen LogP contribution in [0.2, 0.25) is 0 Å². The van der Waals surface area contributed by atoms with Crippen molar-refractivity contribution in [2.24, 2.45) is 0 Å². The lowest BCUT2D eigenvalue weighted by Crippen LogP contribution is -2.16. The molecule has 0 fully saturated rings. The SMILES string of the molecule is CCCS(=O)(=O)Nc1ccc(NCc2ccccc2F)cc1. The van der Waals surface area contributed by atoms with E-state index in [4.69, 9.17) is 0 Å². The van der Waals surface area contributed by atoms with Crippen molar-refractivity contribution < 1.29 is 12.8 Å². The van der Waals surface area contributed by atoms with Crippen LogP contribution in [0.4, 0.5) is 15.8 Å². The molecule has 2 aromatic carbocycles. The Morgan fingerprint density at radius 2 is 1.64 bits per heavy atom. The van der Waals surface area contributed by atoms with E-state index in [9.17, 15) is 12.8 Å². The lowest BCUT2D eigenvalue weighted by Gasteiger charge is -2.10. The Kier molecular flexibility index (Phi) is 5.38. The highest BCUT2D eigenvalue weighted by molar-refractivity contribution is 7.92. The summed E-state index contributed by atoms with van der Waals surface area (Å²) in [6.45, 7) is 2.18. The first-order chi connectivity index (χ1) is 10.5. The van der Waals surface area contributed by atoms with Gasteiger partial charge in [-0.1, -0.05) is 25.1 Å². The van der Waals surface area contributed by atoms with Crippen molar-refractivity contribution in [2.75, 3.05) is 15.8 Å². The fraction of sp³-hybridized carbons (Fsp3) is 0.250. The summed E-state index contributed by atoms with van der Waals surface area (Å²) in [6, 6.07) is 13.4. The minimum Gasteiger partial charge on any atom is -0.381 e. The summed E-state index contributed by atoms with van der Waals surface area (Å²) in [5, 5.41) is 3.10.